The maximum Gasteiger partial charge on any atom is 0.288 e. The van der Waals surface area contributed by atoms with Gasteiger partial charge in [-0.05, 0) is 23.8 Å². The first kappa shape index (κ1) is 14.0. The van der Waals surface area contributed by atoms with Gasteiger partial charge in [0.1, 0.15) is 5.82 Å². The Morgan fingerprint density at radius 3 is 2.59 bits per heavy atom. The summed E-state index contributed by atoms with van der Waals surface area (Å²) in [5, 5.41) is 3.41. The Kier molecular flexibility index (Phi) is 3.70. The molecule has 22 heavy (non-hydrogen) atoms. The SMILES string of the molecule is O=CC(=O)Nc1cn(Cc2ccc(F)cc2)c2ccccc12. The van der Waals surface area contributed by atoms with Crippen molar-refractivity contribution in [1.29, 1.82) is 0 Å². The Morgan fingerprint density at radius 1 is 1.14 bits per heavy atom. The third-order valence-electron chi connectivity index (χ3n) is 3.42. The lowest BCUT2D eigenvalue weighted by Crippen LogP contribution is -2.11. The smallest absolute Gasteiger partial charge is 0.288 e. The monoisotopic (exact) mass is 296 g/mol. The van der Waals surface area contributed by atoms with Crippen molar-refractivity contribution >= 4 is 28.8 Å². The second-order valence-corrected chi connectivity index (χ2v) is 4.92. The van der Waals surface area contributed by atoms with E-state index in [4.69, 9.17) is 0 Å². The maximum atomic E-state index is 13.0. The van der Waals surface area contributed by atoms with E-state index in [0.29, 0.717) is 12.2 Å². The summed E-state index contributed by atoms with van der Waals surface area (Å²) in [7, 11) is 0. The Morgan fingerprint density at radius 2 is 1.86 bits per heavy atom. The molecule has 1 N–H and O–H groups in total. The summed E-state index contributed by atoms with van der Waals surface area (Å²) in [5.74, 6) is -0.968. The van der Waals surface area contributed by atoms with E-state index < -0.39 is 5.91 Å². The van der Waals surface area contributed by atoms with Crippen LogP contribution >= 0.6 is 0 Å². The van der Waals surface area contributed by atoms with Gasteiger partial charge in [-0.15, -0.1) is 0 Å². The maximum absolute atomic E-state index is 13.0. The molecule has 0 atom stereocenters. The highest BCUT2D eigenvalue weighted by Gasteiger charge is 2.10. The van der Waals surface area contributed by atoms with Crippen LogP contribution in [0.1, 0.15) is 5.56 Å². The number of halogens is 1. The van der Waals surface area contributed by atoms with Gasteiger partial charge in [0.05, 0.1) is 11.2 Å². The number of aromatic nitrogens is 1. The van der Waals surface area contributed by atoms with Gasteiger partial charge in [0.15, 0.2) is 0 Å². The van der Waals surface area contributed by atoms with E-state index >= 15 is 0 Å². The third-order valence-corrected chi connectivity index (χ3v) is 3.42. The predicted molar refractivity (Wildman–Crippen MR) is 82.1 cm³/mol. The molecule has 0 saturated carbocycles. The molecule has 2 aromatic carbocycles. The minimum atomic E-state index is -0.690. The highest BCUT2D eigenvalue weighted by Crippen LogP contribution is 2.26. The molecule has 4 nitrogen and oxygen atoms in total. The van der Waals surface area contributed by atoms with E-state index in [0.717, 1.165) is 16.5 Å². The fraction of sp³-hybridized carbons (Fsp3) is 0.0588. The first-order chi connectivity index (χ1) is 10.7. The number of carbonyl (C=O) groups is 2. The molecule has 0 aliphatic rings. The van der Waals surface area contributed by atoms with Gasteiger partial charge in [-0.1, -0.05) is 30.3 Å². The molecule has 0 saturated heterocycles. The minimum absolute atomic E-state index is 0.242. The van der Waals surface area contributed by atoms with Gasteiger partial charge in [0, 0.05) is 18.1 Å². The number of benzene rings is 2. The summed E-state index contributed by atoms with van der Waals surface area (Å²) < 4.78 is 14.9. The lowest BCUT2D eigenvalue weighted by molar-refractivity contribution is -0.127. The van der Waals surface area contributed by atoms with Crippen molar-refractivity contribution in [1.82, 2.24) is 4.57 Å². The average Bonchev–Trinajstić information content (AvgIpc) is 2.87. The van der Waals surface area contributed by atoms with Crippen LogP contribution < -0.4 is 5.32 Å². The van der Waals surface area contributed by atoms with Crippen molar-refractivity contribution in [3.05, 3.63) is 66.1 Å². The largest absolute Gasteiger partial charge is 0.341 e. The Bertz CT molecular complexity index is 837. The molecule has 110 valence electrons. The number of hydrogen-bond donors (Lipinski definition) is 1. The Balaban J connectivity index is 2.00. The molecule has 1 heterocycles. The zero-order valence-electron chi connectivity index (χ0n) is 11.6. The number of nitrogens with zero attached hydrogens (tertiary/aromatic N) is 1. The molecule has 0 spiro atoms. The molecule has 0 fully saturated rings. The van der Waals surface area contributed by atoms with Gasteiger partial charge in [0.2, 0.25) is 6.29 Å². The molecule has 5 heteroatoms. The van der Waals surface area contributed by atoms with Gasteiger partial charge < -0.3 is 9.88 Å². The van der Waals surface area contributed by atoms with Gasteiger partial charge in [-0.25, -0.2) is 4.39 Å². The van der Waals surface area contributed by atoms with E-state index in [1.807, 2.05) is 28.8 Å². The van der Waals surface area contributed by atoms with Crippen molar-refractivity contribution in [3.8, 4) is 0 Å². The normalized spacial score (nSPS) is 10.6. The number of fused-ring (bicyclic) bond motifs is 1. The van der Waals surface area contributed by atoms with Crippen molar-refractivity contribution in [2.24, 2.45) is 0 Å². The van der Waals surface area contributed by atoms with Crippen LogP contribution in [-0.2, 0) is 16.1 Å². The highest BCUT2D eigenvalue weighted by molar-refractivity contribution is 6.30. The molecule has 1 amide bonds. The lowest BCUT2D eigenvalue weighted by Gasteiger charge is -2.05. The number of rotatable bonds is 4. The quantitative estimate of drug-likeness (QED) is 0.594. The van der Waals surface area contributed by atoms with Crippen molar-refractivity contribution in [2.45, 2.75) is 6.54 Å². The number of carbonyl (C=O) groups excluding carboxylic acids is 2. The number of anilines is 1. The van der Waals surface area contributed by atoms with E-state index in [2.05, 4.69) is 5.32 Å². The molecule has 0 aliphatic heterocycles. The van der Waals surface area contributed by atoms with Crippen LogP contribution in [0.4, 0.5) is 10.1 Å². The van der Waals surface area contributed by atoms with Crippen molar-refractivity contribution < 1.29 is 14.0 Å². The number of para-hydroxylation sites is 1. The molecular formula is C17H13FN2O2. The highest BCUT2D eigenvalue weighted by atomic mass is 19.1. The van der Waals surface area contributed by atoms with E-state index in [9.17, 15) is 14.0 Å². The summed E-state index contributed by atoms with van der Waals surface area (Å²) in [6, 6.07) is 13.8. The molecule has 0 bridgehead atoms. The molecular weight excluding hydrogens is 283 g/mol. The van der Waals surface area contributed by atoms with Crippen molar-refractivity contribution in [2.75, 3.05) is 5.32 Å². The zero-order chi connectivity index (χ0) is 15.5. The fourth-order valence-corrected chi connectivity index (χ4v) is 2.43. The number of amides is 1. The second kappa shape index (κ2) is 5.81. The summed E-state index contributed by atoms with van der Waals surface area (Å²) in [4.78, 5) is 21.8. The van der Waals surface area contributed by atoms with Crippen LogP contribution in [0.5, 0.6) is 0 Å². The van der Waals surface area contributed by atoms with Crippen molar-refractivity contribution in [3.63, 3.8) is 0 Å². The topological polar surface area (TPSA) is 51.1 Å². The van der Waals surface area contributed by atoms with Crippen LogP contribution in [-0.4, -0.2) is 16.8 Å². The second-order valence-electron chi connectivity index (χ2n) is 4.92. The standard InChI is InChI=1S/C17H13FN2O2/c18-13-7-5-12(6-8-13)9-20-10-15(19-17(22)11-21)14-3-1-2-4-16(14)20/h1-8,10-11H,9H2,(H,19,22). The molecule has 3 aromatic rings. The van der Waals surface area contributed by atoms with E-state index in [1.54, 1.807) is 18.3 Å². The zero-order valence-corrected chi connectivity index (χ0v) is 11.6. The first-order valence-corrected chi connectivity index (χ1v) is 6.76. The summed E-state index contributed by atoms with van der Waals surface area (Å²) in [6.45, 7) is 0.539. The molecule has 1 aromatic heterocycles. The van der Waals surface area contributed by atoms with Crippen LogP contribution in [0.2, 0.25) is 0 Å². The molecule has 3 rings (SSSR count). The van der Waals surface area contributed by atoms with E-state index in [-0.39, 0.29) is 12.1 Å². The van der Waals surface area contributed by atoms with Gasteiger partial charge in [-0.2, -0.15) is 0 Å². The lowest BCUT2D eigenvalue weighted by atomic mass is 10.2. The Labute approximate surface area is 126 Å². The molecule has 0 aliphatic carbocycles. The number of nitrogens with one attached hydrogen (secondary N) is 1. The third kappa shape index (κ3) is 2.74. The summed E-state index contributed by atoms with van der Waals surface area (Å²) in [5.41, 5.74) is 2.44. The summed E-state index contributed by atoms with van der Waals surface area (Å²) >= 11 is 0. The molecule has 0 unspecified atom stereocenters. The van der Waals surface area contributed by atoms with Crippen LogP contribution in [0.15, 0.2) is 54.7 Å². The van der Waals surface area contributed by atoms with E-state index in [1.165, 1.54) is 12.1 Å². The van der Waals surface area contributed by atoms with Gasteiger partial charge in [-0.3, -0.25) is 9.59 Å². The predicted octanol–water partition coefficient (Wildman–Crippen LogP) is 2.97. The minimum Gasteiger partial charge on any atom is -0.341 e. The van der Waals surface area contributed by atoms with Crippen LogP contribution in [0.3, 0.4) is 0 Å². The number of hydrogen-bond acceptors (Lipinski definition) is 2. The average molecular weight is 296 g/mol. The van der Waals surface area contributed by atoms with Crippen LogP contribution in [0, 0.1) is 5.82 Å². The first-order valence-electron chi connectivity index (χ1n) is 6.76. The van der Waals surface area contributed by atoms with Gasteiger partial charge >= 0.3 is 0 Å². The summed E-state index contributed by atoms with van der Waals surface area (Å²) in [6.07, 6.45) is 2.02. The van der Waals surface area contributed by atoms with Crippen LogP contribution in [0.25, 0.3) is 10.9 Å². The fourth-order valence-electron chi connectivity index (χ4n) is 2.43. The number of aldehydes is 1. The molecule has 0 radical (unpaired) electrons. The van der Waals surface area contributed by atoms with Gasteiger partial charge in [0.25, 0.3) is 5.91 Å². The Hall–Kier alpha value is -2.95.